The van der Waals surface area contributed by atoms with Crippen molar-refractivity contribution in [3.05, 3.63) is 94.3 Å². The number of nitrogens with zero attached hydrogens (tertiary/aromatic N) is 2. The Morgan fingerprint density at radius 3 is 2.61 bits per heavy atom. The predicted octanol–water partition coefficient (Wildman–Crippen LogP) is 5.89. The molecule has 1 N–H and O–H groups in total. The number of carbonyl (C=O) groups is 2. The van der Waals surface area contributed by atoms with E-state index >= 15 is 0 Å². The summed E-state index contributed by atoms with van der Waals surface area (Å²) >= 11 is 1.61. The number of rotatable bonds is 7. The van der Waals surface area contributed by atoms with Gasteiger partial charge in [0.1, 0.15) is 12.3 Å². The van der Waals surface area contributed by atoms with Crippen LogP contribution in [0.3, 0.4) is 0 Å². The second kappa shape index (κ2) is 10.3. The third kappa shape index (κ3) is 5.31. The number of thiazole rings is 1. The Labute approximate surface area is 214 Å². The van der Waals surface area contributed by atoms with Crippen molar-refractivity contribution < 1.29 is 14.3 Å². The number of fused-ring (bicyclic) bond motifs is 1. The fraction of sp³-hybridized carbons (Fsp3) is 0.207. The summed E-state index contributed by atoms with van der Waals surface area (Å²) in [5, 5.41) is 5.93. The van der Waals surface area contributed by atoms with Gasteiger partial charge >= 0.3 is 0 Å². The molecule has 1 aliphatic rings. The van der Waals surface area contributed by atoms with Gasteiger partial charge in [0.25, 0.3) is 5.91 Å². The van der Waals surface area contributed by atoms with Crippen molar-refractivity contribution in [2.75, 3.05) is 23.4 Å². The topological polar surface area (TPSA) is 71.5 Å². The summed E-state index contributed by atoms with van der Waals surface area (Å²) in [5.74, 6) is 0.469. The zero-order valence-corrected chi connectivity index (χ0v) is 21.0. The van der Waals surface area contributed by atoms with Crippen molar-refractivity contribution >= 4 is 34.5 Å². The van der Waals surface area contributed by atoms with Crippen LogP contribution in [0.1, 0.15) is 35.9 Å². The first-order valence-electron chi connectivity index (χ1n) is 11.9. The third-order valence-electron chi connectivity index (χ3n) is 6.11. The summed E-state index contributed by atoms with van der Waals surface area (Å²) in [6.45, 7) is 4.06. The number of aromatic nitrogens is 1. The number of amides is 2. The number of anilines is 2. The van der Waals surface area contributed by atoms with Gasteiger partial charge < -0.3 is 10.1 Å². The SMILES string of the molecule is CC(C)c1ccc(NC(=O)CN2C(=O)COc3ccc(-c4csc(Cc5ccccc5)n4)cc32)cc1. The number of hydrogen-bond donors (Lipinski definition) is 1. The minimum Gasteiger partial charge on any atom is -0.482 e. The lowest BCUT2D eigenvalue weighted by Crippen LogP contribution is -2.43. The van der Waals surface area contributed by atoms with Crippen molar-refractivity contribution in [2.24, 2.45) is 0 Å². The Morgan fingerprint density at radius 2 is 1.86 bits per heavy atom. The van der Waals surface area contributed by atoms with Crippen LogP contribution in [0.2, 0.25) is 0 Å². The average molecular weight is 498 g/mol. The van der Waals surface area contributed by atoms with Gasteiger partial charge in [0.2, 0.25) is 5.91 Å². The van der Waals surface area contributed by atoms with Crippen LogP contribution < -0.4 is 15.0 Å². The molecular formula is C29H27N3O3S. The van der Waals surface area contributed by atoms with Crippen LogP contribution in [0.4, 0.5) is 11.4 Å². The van der Waals surface area contributed by atoms with E-state index < -0.39 is 0 Å². The molecule has 182 valence electrons. The molecule has 6 nitrogen and oxygen atoms in total. The summed E-state index contributed by atoms with van der Waals surface area (Å²) in [5.41, 5.74) is 5.39. The molecule has 0 unspecified atom stereocenters. The fourth-order valence-corrected chi connectivity index (χ4v) is 4.96. The molecule has 5 rings (SSSR count). The molecular weight excluding hydrogens is 470 g/mol. The molecule has 0 bridgehead atoms. The molecule has 0 fully saturated rings. The molecule has 36 heavy (non-hydrogen) atoms. The first kappa shape index (κ1) is 23.8. The van der Waals surface area contributed by atoms with E-state index in [-0.39, 0.29) is 25.0 Å². The summed E-state index contributed by atoms with van der Waals surface area (Å²) < 4.78 is 5.64. The average Bonchev–Trinajstić information content (AvgIpc) is 3.35. The highest BCUT2D eigenvalue weighted by molar-refractivity contribution is 7.10. The summed E-state index contributed by atoms with van der Waals surface area (Å²) in [4.78, 5) is 31.8. The third-order valence-corrected chi connectivity index (χ3v) is 6.96. The van der Waals surface area contributed by atoms with E-state index in [1.807, 2.05) is 66.0 Å². The molecule has 1 aromatic heterocycles. The predicted molar refractivity (Wildman–Crippen MR) is 144 cm³/mol. The van der Waals surface area contributed by atoms with Gasteiger partial charge in [-0.3, -0.25) is 14.5 Å². The van der Waals surface area contributed by atoms with Crippen LogP contribution in [0, 0.1) is 0 Å². The number of hydrogen-bond acceptors (Lipinski definition) is 5. The van der Waals surface area contributed by atoms with Crippen molar-refractivity contribution in [1.29, 1.82) is 0 Å². The fourth-order valence-electron chi connectivity index (χ4n) is 4.13. The Bertz CT molecular complexity index is 1380. The lowest BCUT2D eigenvalue weighted by atomic mass is 10.0. The van der Waals surface area contributed by atoms with Crippen molar-refractivity contribution in [3.63, 3.8) is 0 Å². The maximum absolute atomic E-state index is 12.8. The molecule has 0 saturated carbocycles. The molecule has 2 heterocycles. The maximum Gasteiger partial charge on any atom is 0.265 e. The molecule has 0 spiro atoms. The van der Waals surface area contributed by atoms with Crippen LogP contribution in [0.5, 0.6) is 5.75 Å². The molecule has 0 atom stereocenters. The molecule has 4 aromatic rings. The monoisotopic (exact) mass is 497 g/mol. The molecule has 1 aliphatic heterocycles. The van der Waals surface area contributed by atoms with Crippen molar-refractivity contribution in [1.82, 2.24) is 4.98 Å². The van der Waals surface area contributed by atoms with Gasteiger partial charge in [0, 0.05) is 23.1 Å². The zero-order chi connectivity index (χ0) is 25.1. The van der Waals surface area contributed by atoms with E-state index in [0.717, 1.165) is 22.7 Å². The van der Waals surface area contributed by atoms with Gasteiger partial charge in [-0.1, -0.05) is 56.3 Å². The lowest BCUT2D eigenvalue weighted by molar-refractivity contribution is -0.123. The largest absolute Gasteiger partial charge is 0.482 e. The van der Waals surface area contributed by atoms with Crippen molar-refractivity contribution in [2.45, 2.75) is 26.2 Å². The van der Waals surface area contributed by atoms with Gasteiger partial charge in [-0.05, 0) is 47.4 Å². The number of nitrogens with one attached hydrogen (secondary N) is 1. The summed E-state index contributed by atoms with van der Waals surface area (Å²) in [6, 6.07) is 23.6. The van der Waals surface area contributed by atoms with Gasteiger partial charge in [-0.2, -0.15) is 0 Å². The Kier molecular flexibility index (Phi) is 6.82. The Balaban J connectivity index is 1.33. The van der Waals surface area contributed by atoms with Crippen LogP contribution >= 0.6 is 11.3 Å². The first-order chi connectivity index (χ1) is 17.5. The molecule has 0 saturated heterocycles. The number of carbonyl (C=O) groups excluding carboxylic acids is 2. The smallest absolute Gasteiger partial charge is 0.265 e. The molecule has 0 aliphatic carbocycles. The normalized spacial score (nSPS) is 12.9. The van der Waals surface area contributed by atoms with Crippen LogP contribution in [-0.4, -0.2) is 29.9 Å². The Morgan fingerprint density at radius 1 is 1.08 bits per heavy atom. The highest BCUT2D eigenvalue weighted by atomic mass is 32.1. The van der Waals surface area contributed by atoms with Gasteiger partial charge in [0.05, 0.1) is 16.4 Å². The van der Waals surface area contributed by atoms with Crippen molar-refractivity contribution in [3.8, 4) is 17.0 Å². The highest BCUT2D eigenvalue weighted by Crippen LogP contribution is 2.36. The standard InChI is InChI=1S/C29H27N3O3S/c1-19(2)21-8-11-23(12-9-21)30-27(33)16-32-25-15-22(10-13-26(25)35-17-29(32)34)24-18-36-28(31-24)14-20-6-4-3-5-7-20/h3-13,15,18-19H,14,16-17H2,1-2H3,(H,30,33). The second-order valence-corrected chi connectivity index (χ2v) is 10.0. The molecule has 0 radical (unpaired) electrons. The quantitative estimate of drug-likeness (QED) is 0.346. The minimum atomic E-state index is -0.266. The molecule has 2 amide bonds. The lowest BCUT2D eigenvalue weighted by Gasteiger charge is -2.29. The second-order valence-electron chi connectivity index (χ2n) is 9.06. The van der Waals surface area contributed by atoms with Crippen LogP contribution in [-0.2, 0) is 16.0 Å². The van der Waals surface area contributed by atoms with Crippen LogP contribution in [0.25, 0.3) is 11.3 Å². The summed E-state index contributed by atoms with van der Waals surface area (Å²) in [6.07, 6.45) is 0.766. The molecule has 3 aromatic carbocycles. The van der Waals surface area contributed by atoms with E-state index in [9.17, 15) is 9.59 Å². The number of benzene rings is 3. The van der Waals surface area contributed by atoms with Gasteiger partial charge in [-0.15, -0.1) is 11.3 Å². The first-order valence-corrected chi connectivity index (χ1v) is 12.8. The zero-order valence-electron chi connectivity index (χ0n) is 20.2. The maximum atomic E-state index is 12.8. The number of ether oxygens (including phenoxy) is 1. The molecule has 7 heteroatoms. The van der Waals surface area contributed by atoms with Gasteiger partial charge in [0.15, 0.2) is 6.61 Å². The van der Waals surface area contributed by atoms with E-state index in [4.69, 9.17) is 9.72 Å². The van der Waals surface area contributed by atoms with E-state index in [2.05, 4.69) is 31.3 Å². The minimum absolute atomic E-state index is 0.0963. The highest BCUT2D eigenvalue weighted by Gasteiger charge is 2.28. The van der Waals surface area contributed by atoms with Gasteiger partial charge in [-0.25, -0.2) is 4.98 Å². The summed E-state index contributed by atoms with van der Waals surface area (Å²) in [7, 11) is 0. The van der Waals surface area contributed by atoms with E-state index in [0.29, 0.717) is 23.0 Å². The van der Waals surface area contributed by atoms with Crippen LogP contribution in [0.15, 0.2) is 78.2 Å². The Hall–Kier alpha value is -3.97. The van der Waals surface area contributed by atoms with E-state index in [1.165, 1.54) is 16.0 Å². The van der Waals surface area contributed by atoms with E-state index in [1.54, 1.807) is 11.3 Å².